The molecule has 1 aromatic carbocycles. The van der Waals surface area contributed by atoms with Crippen LogP contribution in [0.3, 0.4) is 0 Å². The number of benzene rings is 1. The van der Waals surface area contributed by atoms with Gasteiger partial charge >= 0.3 is 5.97 Å². The monoisotopic (exact) mass is 379 g/mol. The zero-order valence-corrected chi connectivity index (χ0v) is 16.0. The van der Waals surface area contributed by atoms with Crippen molar-refractivity contribution in [3.63, 3.8) is 0 Å². The van der Waals surface area contributed by atoms with E-state index in [1.807, 2.05) is 42.7 Å². The fourth-order valence-electron chi connectivity index (χ4n) is 2.97. The molecule has 0 saturated heterocycles. The van der Waals surface area contributed by atoms with Crippen LogP contribution in [0.1, 0.15) is 27.5 Å². The molecular formula is C22H21NO5. The molecule has 0 fully saturated rings. The van der Waals surface area contributed by atoms with Gasteiger partial charge in [0.15, 0.2) is 6.61 Å². The van der Waals surface area contributed by atoms with E-state index < -0.39 is 5.97 Å². The van der Waals surface area contributed by atoms with Crippen molar-refractivity contribution in [2.75, 3.05) is 13.7 Å². The van der Waals surface area contributed by atoms with E-state index in [1.165, 1.54) is 18.4 Å². The van der Waals surface area contributed by atoms with E-state index in [9.17, 15) is 9.59 Å². The molecule has 6 heteroatoms. The molecule has 3 rings (SSSR count). The lowest BCUT2D eigenvalue weighted by Gasteiger charge is -2.10. The molecule has 2 heterocycles. The molecule has 0 radical (unpaired) electrons. The van der Waals surface area contributed by atoms with Crippen molar-refractivity contribution in [1.82, 2.24) is 4.57 Å². The number of methoxy groups -OCH3 is 1. The number of aromatic nitrogens is 1. The quantitative estimate of drug-likeness (QED) is 0.351. The third-order valence-corrected chi connectivity index (χ3v) is 4.33. The lowest BCUT2D eigenvalue weighted by Crippen LogP contribution is -2.13. The second-order valence-corrected chi connectivity index (χ2v) is 6.20. The van der Waals surface area contributed by atoms with Crippen molar-refractivity contribution in [1.29, 1.82) is 0 Å². The first-order chi connectivity index (χ1) is 13.5. The molecular weight excluding hydrogens is 358 g/mol. The Labute approximate surface area is 163 Å². The first-order valence-electron chi connectivity index (χ1n) is 8.74. The number of esters is 1. The number of nitrogens with zero attached hydrogens (tertiary/aromatic N) is 1. The van der Waals surface area contributed by atoms with Gasteiger partial charge < -0.3 is 18.5 Å². The van der Waals surface area contributed by atoms with Crippen LogP contribution in [-0.4, -0.2) is 30.0 Å². The maximum Gasteiger partial charge on any atom is 0.331 e. The number of hydrogen-bond acceptors (Lipinski definition) is 5. The normalized spacial score (nSPS) is 11.0. The van der Waals surface area contributed by atoms with Gasteiger partial charge in [0.2, 0.25) is 5.78 Å². The lowest BCUT2D eigenvalue weighted by molar-refractivity contribution is -0.136. The average Bonchev–Trinajstić information content (AvgIpc) is 3.32. The Hall–Kier alpha value is -3.54. The lowest BCUT2D eigenvalue weighted by atomic mass is 10.1. The second-order valence-electron chi connectivity index (χ2n) is 6.20. The van der Waals surface area contributed by atoms with Gasteiger partial charge in [-0.15, -0.1) is 0 Å². The highest BCUT2D eigenvalue weighted by Crippen LogP contribution is 2.23. The maximum absolute atomic E-state index is 12.5. The van der Waals surface area contributed by atoms with Gasteiger partial charge in [0.1, 0.15) is 11.5 Å². The Morgan fingerprint density at radius 2 is 1.89 bits per heavy atom. The summed E-state index contributed by atoms with van der Waals surface area (Å²) >= 11 is 0. The van der Waals surface area contributed by atoms with Crippen LogP contribution in [0.5, 0.6) is 5.75 Å². The number of carbonyl (C=O) groups excluding carboxylic acids is 2. The molecule has 0 amide bonds. The number of aryl methyl sites for hydroxylation is 1. The number of ketones is 1. The van der Waals surface area contributed by atoms with E-state index in [2.05, 4.69) is 0 Å². The van der Waals surface area contributed by atoms with Crippen LogP contribution in [0.25, 0.3) is 11.8 Å². The minimum Gasteiger partial charge on any atom is -0.497 e. The van der Waals surface area contributed by atoms with Gasteiger partial charge in [-0.2, -0.15) is 0 Å². The van der Waals surface area contributed by atoms with E-state index in [0.717, 1.165) is 22.8 Å². The summed E-state index contributed by atoms with van der Waals surface area (Å²) in [6.45, 7) is 3.46. The number of furan rings is 1. The molecule has 0 aliphatic carbocycles. The van der Waals surface area contributed by atoms with Gasteiger partial charge in [-0.1, -0.05) is 0 Å². The summed E-state index contributed by atoms with van der Waals surface area (Å²) in [6, 6.07) is 12.8. The summed E-state index contributed by atoms with van der Waals surface area (Å²) in [4.78, 5) is 24.3. The van der Waals surface area contributed by atoms with Gasteiger partial charge in [-0.05, 0) is 62.4 Å². The fourth-order valence-corrected chi connectivity index (χ4v) is 2.97. The van der Waals surface area contributed by atoms with Gasteiger partial charge in [0, 0.05) is 28.7 Å². The molecule has 28 heavy (non-hydrogen) atoms. The van der Waals surface area contributed by atoms with Crippen molar-refractivity contribution >= 4 is 17.8 Å². The Kier molecular flexibility index (Phi) is 5.79. The standard InChI is InChI=1S/C22H21NO5/c1-15-13-20(16(2)23(15)17-6-8-18(26-3)9-7-17)21(24)14-28-22(25)11-10-19-5-4-12-27-19/h4-13H,14H2,1-3H3/b11-10+. The maximum atomic E-state index is 12.5. The molecule has 0 spiro atoms. The van der Waals surface area contributed by atoms with E-state index in [0.29, 0.717) is 11.3 Å². The summed E-state index contributed by atoms with van der Waals surface area (Å²) in [5.41, 5.74) is 3.15. The first kappa shape index (κ1) is 19.2. The Morgan fingerprint density at radius 3 is 2.54 bits per heavy atom. The highest BCUT2D eigenvalue weighted by atomic mass is 16.5. The van der Waals surface area contributed by atoms with Crippen molar-refractivity contribution < 1.29 is 23.5 Å². The summed E-state index contributed by atoms with van der Waals surface area (Å²) < 4.78 is 17.3. The fraction of sp³-hybridized carbons (Fsp3) is 0.182. The molecule has 2 aromatic heterocycles. The van der Waals surface area contributed by atoms with Crippen molar-refractivity contribution in [3.05, 3.63) is 77.5 Å². The van der Waals surface area contributed by atoms with Crippen LogP contribution < -0.4 is 4.74 Å². The van der Waals surface area contributed by atoms with Crippen LogP contribution in [0.2, 0.25) is 0 Å². The Morgan fingerprint density at radius 1 is 1.14 bits per heavy atom. The molecule has 0 atom stereocenters. The topological polar surface area (TPSA) is 70.7 Å². The molecule has 144 valence electrons. The molecule has 0 saturated carbocycles. The highest BCUT2D eigenvalue weighted by Gasteiger charge is 2.17. The molecule has 6 nitrogen and oxygen atoms in total. The highest BCUT2D eigenvalue weighted by molar-refractivity contribution is 6.00. The SMILES string of the molecule is COc1ccc(-n2c(C)cc(C(=O)COC(=O)/C=C/c3ccco3)c2C)cc1. The van der Waals surface area contributed by atoms with E-state index in [1.54, 1.807) is 25.3 Å². The predicted molar refractivity (Wildman–Crippen MR) is 105 cm³/mol. The molecule has 0 bridgehead atoms. The predicted octanol–water partition coefficient (Wildman–Crippen LogP) is 4.14. The smallest absolute Gasteiger partial charge is 0.331 e. The largest absolute Gasteiger partial charge is 0.497 e. The Balaban J connectivity index is 1.69. The third-order valence-electron chi connectivity index (χ3n) is 4.33. The number of carbonyl (C=O) groups is 2. The van der Waals surface area contributed by atoms with Crippen LogP contribution >= 0.6 is 0 Å². The van der Waals surface area contributed by atoms with Gasteiger partial charge in [-0.25, -0.2) is 4.79 Å². The first-order valence-corrected chi connectivity index (χ1v) is 8.74. The average molecular weight is 379 g/mol. The van der Waals surface area contributed by atoms with Crippen molar-refractivity contribution in [3.8, 4) is 11.4 Å². The zero-order valence-electron chi connectivity index (χ0n) is 16.0. The van der Waals surface area contributed by atoms with Crippen LogP contribution in [0, 0.1) is 13.8 Å². The molecule has 0 unspecified atom stereocenters. The minimum atomic E-state index is -0.603. The van der Waals surface area contributed by atoms with E-state index in [4.69, 9.17) is 13.9 Å². The van der Waals surface area contributed by atoms with Crippen LogP contribution in [-0.2, 0) is 9.53 Å². The van der Waals surface area contributed by atoms with Crippen molar-refractivity contribution in [2.24, 2.45) is 0 Å². The zero-order chi connectivity index (χ0) is 20.1. The number of rotatable bonds is 7. The Bertz CT molecular complexity index is 994. The number of ether oxygens (including phenoxy) is 2. The summed E-state index contributed by atoms with van der Waals surface area (Å²) in [5, 5.41) is 0. The molecule has 0 aliphatic rings. The minimum absolute atomic E-state index is 0.257. The van der Waals surface area contributed by atoms with E-state index >= 15 is 0 Å². The number of hydrogen-bond donors (Lipinski definition) is 0. The van der Waals surface area contributed by atoms with Gasteiger partial charge in [0.25, 0.3) is 0 Å². The summed E-state index contributed by atoms with van der Waals surface area (Å²) in [5.74, 6) is 0.435. The second kappa shape index (κ2) is 8.43. The molecule has 3 aromatic rings. The van der Waals surface area contributed by atoms with Gasteiger partial charge in [0.05, 0.1) is 13.4 Å². The van der Waals surface area contributed by atoms with Crippen molar-refractivity contribution in [2.45, 2.75) is 13.8 Å². The molecule has 0 aliphatic heterocycles. The van der Waals surface area contributed by atoms with Crippen LogP contribution in [0.4, 0.5) is 0 Å². The van der Waals surface area contributed by atoms with Gasteiger partial charge in [-0.3, -0.25) is 4.79 Å². The number of Topliss-reactive ketones (excluding diaryl/α,β-unsaturated/α-hetero) is 1. The van der Waals surface area contributed by atoms with E-state index in [-0.39, 0.29) is 12.4 Å². The van der Waals surface area contributed by atoms with Crippen LogP contribution in [0.15, 0.2) is 59.2 Å². The third kappa shape index (κ3) is 4.23. The molecule has 0 N–H and O–H groups in total. The summed E-state index contributed by atoms with van der Waals surface area (Å²) in [7, 11) is 1.61. The summed E-state index contributed by atoms with van der Waals surface area (Å²) in [6.07, 6.45) is 4.22.